The molecule has 0 spiro atoms. The predicted molar refractivity (Wildman–Crippen MR) is 57.7 cm³/mol. The fraction of sp³-hybridized carbons (Fsp3) is 0.333. The molecule has 0 aliphatic carbocycles. The fourth-order valence-electron chi connectivity index (χ4n) is 1.14. The molecule has 1 atom stereocenters. The number of benzene rings is 1. The molecule has 5 heteroatoms. The Bertz CT molecular complexity index is 330. The molecule has 0 aliphatic heterocycles. The molecule has 0 amide bonds. The zero-order valence-electron chi connectivity index (χ0n) is 7.50. The van der Waals surface area contributed by atoms with Crippen molar-refractivity contribution in [2.75, 3.05) is 13.7 Å². The first-order valence-corrected chi connectivity index (χ1v) is 5.09. The second-order valence-electron chi connectivity index (χ2n) is 2.71. The second kappa shape index (κ2) is 4.98. The van der Waals surface area contributed by atoms with Crippen LogP contribution >= 0.6 is 27.5 Å². The molecule has 1 aromatic rings. The molecule has 1 aromatic carbocycles. The van der Waals surface area contributed by atoms with Crippen molar-refractivity contribution in [1.29, 1.82) is 0 Å². The lowest BCUT2D eigenvalue weighted by Gasteiger charge is -2.14. The first kappa shape index (κ1) is 11.8. The van der Waals surface area contributed by atoms with Crippen LogP contribution in [0.3, 0.4) is 0 Å². The van der Waals surface area contributed by atoms with Crippen molar-refractivity contribution in [3.63, 3.8) is 0 Å². The van der Waals surface area contributed by atoms with Gasteiger partial charge in [0.05, 0.1) is 18.2 Å². The molecule has 0 radical (unpaired) electrons. The van der Waals surface area contributed by atoms with E-state index in [9.17, 15) is 5.11 Å². The first-order chi connectivity index (χ1) is 6.60. The van der Waals surface area contributed by atoms with Gasteiger partial charge in [-0.3, -0.25) is 0 Å². The molecule has 14 heavy (non-hydrogen) atoms. The Morgan fingerprint density at radius 3 is 2.71 bits per heavy atom. The van der Waals surface area contributed by atoms with Crippen molar-refractivity contribution in [2.45, 2.75) is 6.10 Å². The number of methoxy groups -OCH3 is 1. The highest BCUT2D eigenvalue weighted by Gasteiger charge is 2.15. The third kappa shape index (κ3) is 2.39. The molecule has 1 rings (SSSR count). The van der Waals surface area contributed by atoms with Crippen molar-refractivity contribution < 1.29 is 14.9 Å². The molecule has 3 nitrogen and oxygen atoms in total. The fourth-order valence-corrected chi connectivity index (χ4v) is 2.14. The molecule has 2 N–H and O–H groups in total. The van der Waals surface area contributed by atoms with Gasteiger partial charge in [0.15, 0.2) is 0 Å². The van der Waals surface area contributed by atoms with Crippen LogP contribution in [0.25, 0.3) is 0 Å². The standard InChI is InChI=1S/C9H10BrClO3/c1-14-9-6(8(13)4-12)2-5(11)3-7(9)10/h2-3,8,12-13H,4H2,1H3. The summed E-state index contributed by atoms with van der Waals surface area (Å²) in [6.45, 7) is -0.372. The summed E-state index contributed by atoms with van der Waals surface area (Å²) in [6.07, 6.45) is -0.986. The maximum Gasteiger partial charge on any atom is 0.139 e. The summed E-state index contributed by atoms with van der Waals surface area (Å²) in [5.41, 5.74) is 0.467. The molecule has 0 fully saturated rings. The van der Waals surface area contributed by atoms with Gasteiger partial charge in [-0.2, -0.15) is 0 Å². The molecule has 0 aliphatic rings. The summed E-state index contributed by atoms with van der Waals surface area (Å²) in [7, 11) is 1.49. The van der Waals surface area contributed by atoms with Crippen molar-refractivity contribution in [3.05, 3.63) is 27.2 Å². The summed E-state index contributed by atoms with van der Waals surface area (Å²) in [4.78, 5) is 0. The largest absolute Gasteiger partial charge is 0.495 e. The first-order valence-electron chi connectivity index (χ1n) is 3.92. The third-order valence-corrected chi connectivity index (χ3v) is 2.58. The van der Waals surface area contributed by atoms with E-state index in [1.807, 2.05) is 0 Å². The van der Waals surface area contributed by atoms with E-state index in [4.69, 9.17) is 21.4 Å². The molecule has 0 saturated carbocycles. The molecule has 0 aromatic heterocycles. The lowest BCUT2D eigenvalue weighted by molar-refractivity contribution is 0.0933. The lowest BCUT2D eigenvalue weighted by Crippen LogP contribution is -2.05. The van der Waals surface area contributed by atoms with Gasteiger partial charge >= 0.3 is 0 Å². The van der Waals surface area contributed by atoms with E-state index in [1.54, 1.807) is 12.1 Å². The van der Waals surface area contributed by atoms with Crippen LogP contribution in [-0.4, -0.2) is 23.9 Å². The molecule has 78 valence electrons. The van der Waals surface area contributed by atoms with E-state index >= 15 is 0 Å². The zero-order chi connectivity index (χ0) is 10.7. The Kier molecular flexibility index (Phi) is 4.19. The van der Waals surface area contributed by atoms with E-state index in [0.29, 0.717) is 20.8 Å². The SMILES string of the molecule is COc1c(Br)cc(Cl)cc1C(O)CO. The Labute approximate surface area is 95.4 Å². The van der Waals surface area contributed by atoms with Gasteiger partial charge in [0, 0.05) is 10.6 Å². The molecule has 0 heterocycles. The van der Waals surface area contributed by atoms with Crippen LogP contribution in [-0.2, 0) is 0 Å². The highest BCUT2D eigenvalue weighted by Crippen LogP contribution is 2.35. The van der Waals surface area contributed by atoms with E-state index < -0.39 is 6.10 Å². The van der Waals surface area contributed by atoms with Crippen molar-refractivity contribution in [2.24, 2.45) is 0 Å². The number of aliphatic hydroxyl groups is 2. The second-order valence-corrected chi connectivity index (χ2v) is 4.00. The van der Waals surface area contributed by atoms with Crippen LogP contribution in [0.5, 0.6) is 5.75 Å². The average Bonchev–Trinajstić information content (AvgIpc) is 2.15. The number of hydrogen-bond acceptors (Lipinski definition) is 3. The summed E-state index contributed by atoms with van der Waals surface area (Å²) >= 11 is 9.06. The summed E-state index contributed by atoms with van der Waals surface area (Å²) in [5, 5.41) is 18.8. The van der Waals surface area contributed by atoms with Gasteiger partial charge in [0.25, 0.3) is 0 Å². The van der Waals surface area contributed by atoms with Crippen molar-refractivity contribution in [1.82, 2.24) is 0 Å². The van der Waals surface area contributed by atoms with Gasteiger partial charge in [-0.05, 0) is 28.1 Å². The van der Waals surface area contributed by atoms with Gasteiger partial charge in [-0.15, -0.1) is 0 Å². The van der Waals surface area contributed by atoms with Crippen LogP contribution in [0.4, 0.5) is 0 Å². The Morgan fingerprint density at radius 2 is 2.21 bits per heavy atom. The normalized spacial score (nSPS) is 12.6. The third-order valence-electron chi connectivity index (χ3n) is 1.77. The van der Waals surface area contributed by atoms with Crippen molar-refractivity contribution in [3.8, 4) is 5.75 Å². The van der Waals surface area contributed by atoms with E-state index in [2.05, 4.69) is 15.9 Å². The van der Waals surface area contributed by atoms with Gasteiger partial charge in [0.2, 0.25) is 0 Å². The lowest BCUT2D eigenvalue weighted by atomic mass is 10.1. The predicted octanol–water partition coefficient (Wildman–Crippen LogP) is 2.14. The summed E-state index contributed by atoms with van der Waals surface area (Å²) in [5.74, 6) is 0.482. The average molecular weight is 282 g/mol. The van der Waals surface area contributed by atoms with Gasteiger partial charge in [-0.25, -0.2) is 0 Å². The van der Waals surface area contributed by atoms with Crippen LogP contribution in [0.2, 0.25) is 5.02 Å². The smallest absolute Gasteiger partial charge is 0.139 e. The number of hydrogen-bond donors (Lipinski definition) is 2. The van der Waals surface area contributed by atoms with E-state index in [-0.39, 0.29) is 6.61 Å². The summed E-state index contributed by atoms with van der Waals surface area (Å²) in [6, 6.07) is 3.22. The van der Waals surface area contributed by atoms with Gasteiger partial charge < -0.3 is 14.9 Å². The van der Waals surface area contributed by atoms with Gasteiger partial charge in [0.1, 0.15) is 11.9 Å². The molecule has 0 bridgehead atoms. The molecular formula is C9H10BrClO3. The Hall–Kier alpha value is -0.290. The van der Waals surface area contributed by atoms with Crippen LogP contribution in [0.15, 0.2) is 16.6 Å². The molecule has 1 unspecified atom stereocenters. The monoisotopic (exact) mass is 280 g/mol. The highest BCUT2D eigenvalue weighted by molar-refractivity contribution is 9.10. The Morgan fingerprint density at radius 1 is 1.57 bits per heavy atom. The van der Waals surface area contributed by atoms with Gasteiger partial charge in [-0.1, -0.05) is 11.6 Å². The minimum atomic E-state index is -0.986. The maximum absolute atomic E-state index is 9.48. The number of halogens is 2. The maximum atomic E-state index is 9.48. The van der Waals surface area contributed by atoms with E-state index in [0.717, 1.165) is 0 Å². The van der Waals surface area contributed by atoms with Crippen LogP contribution in [0, 0.1) is 0 Å². The van der Waals surface area contributed by atoms with Crippen LogP contribution in [0.1, 0.15) is 11.7 Å². The topological polar surface area (TPSA) is 49.7 Å². The molecular weight excluding hydrogens is 271 g/mol. The van der Waals surface area contributed by atoms with E-state index in [1.165, 1.54) is 7.11 Å². The molecule has 0 saturated heterocycles. The van der Waals surface area contributed by atoms with Crippen molar-refractivity contribution >= 4 is 27.5 Å². The quantitative estimate of drug-likeness (QED) is 0.892. The Balaban J connectivity index is 3.24. The van der Waals surface area contributed by atoms with Crippen LogP contribution < -0.4 is 4.74 Å². The summed E-state index contributed by atoms with van der Waals surface area (Å²) < 4.78 is 5.73. The zero-order valence-corrected chi connectivity index (χ0v) is 9.84. The minimum absolute atomic E-state index is 0.372. The number of ether oxygens (including phenoxy) is 1. The minimum Gasteiger partial charge on any atom is -0.495 e. The highest BCUT2D eigenvalue weighted by atomic mass is 79.9. The number of aliphatic hydroxyl groups excluding tert-OH is 2. The number of rotatable bonds is 3.